The molecule has 1 aliphatic heterocycles. The smallest absolute Gasteiger partial charge is 0.253 e. The maximum absolute atomic E-state index is 13.2. The number of hydrogen-bond donors (Lipinski definition) is 3. The van der Waals surface area contributed by atoms with Gasteiger partial charge in [0.2, 0.25) is 10.0 Å². The molecule has 0 radical (unpaired) electrons. The molecule has 3 aromatic rings. The minimum Gasteiger partial charge on any atom is -0.504 e. The number of halogens is 2. The highest BCUT2D eigenvalue weighted by molar-refractivity contribution is 7.89. The molecule has 0 aromatic heterocycles. The first-order chi connectivity index (χ1) is 15.6. The summed E-state index contributed by atoms with van der Waals surface area (Å²) in [5.41, 5.74) is -1.43. The number of aromatic hydroxyl groups is 1. The summed E-state index contributed by atoms with van der Waals surface area (Å²) in [6.45, 7) is 1.57. The zero-order valence-corrected chi connectivity index (χ0v) is 19.8. The average Bonchev–Trinajstić information content (AvgIpc) is 2.78. The molecule has 3 N–H and O–H groups in total. The van der Waals surface area contributed by atoms with E-state index in [1.807, 2.05) is 11.9 Å². The van der Waals surface area contributed by atoms with E-state index in [-0.39, 0.29) is 35.2 Å². The molecule has 33 heavy (non-hydrogen) atoms. The Labute approximate surface area is 199 Å². The predicted octanol–water partition coefficient (Wildman–Crippen LogP) is 2.72. The molecular weight excluding hydrogens is 491 g/mol. The normalized spacial score (nSPS) is 15.6. The van der Waals surface area contributed by atoms with Crippen LogP contribution in [0.4, 0.5) is 22.7 Å². The van der Waals surface area contributed by atoms with Crippen molar-refractivity contribution in [2.24, 2.45) is 0 Å². The van der Waals surface area contributed by atoms with E-state index in [9.17, 15) is 23.1 Å². The molecule has 0 bridgehead atoms. The van der Waals surface area contributed by atoms with Crippen molar-refractivity contribution in [3.63, 3.8) is 0 Å². The molecule has 1 saturated heterocycles. The fourth-order valence-corrected chi connectivity index (χ4v) is 5.71. The van der Waals surface area contributed by atoms with Crippen molar-refractivity contribution in [3.8, 4) is 5.75 Å². The predicted molar refractivity (Wildman–Crippen MR) is 129 cm³/mol. The Morgan fingerprint density at radius 2 is 1.42 bits per heavy atom. The van der Waals surface area contributed by atoms with E-state index >= 15 is 0 Å². The zero-order chi connectivity index (χ0) is 23.9. The highest BCUT2D eigenvalue weighted by Crippen LogP contribution is 2.40. The maximum Gasteiger partial charge on any atom is 0.253 e. The lowest BCUT2D eigenvalue weighted by Crippen LogP contribution is -2.47. The number of nitrogens with zero attached hydrogens (tertiary/aromatic N) is 2. The Hall–Kier alpha value is -2.63. The summed E-state index contributed by atoms with van der Waals surface area (Å²) < 4.78 is 27.6. The maximum atomic E-state index is 13.2. The number of anilines is 4. The van der Waals surface area contributed by atoms with Gasteiger partial charge in [0.1, 0.15) is 16.3 Å². The van der Waals surface area contributed by atoms with E-state index in [4.69, 9.17) is 23.2 Å². The number of hydrogen-bond acceptors (Lipinski definition) is 8. The zero-order valence-electron chi connectivity index (χ0n) is 17.4. The van der Waals surface area contributed by atoms with Gasteiger partial charge < -0.3 is 20.6 Å². The summed E-state index contributed by atoms with van der Waals surface area (Å²) in [5, 5.41) is 16.5. The Kier molecular flexibility index (Phi) is 6.39. The molecule has 1 aliphatic rings. The summed E-state index contributed by atoms with van der Waals surface area (Å²) in [6, 6.07) is 9.29. The quantitative estimate of drug-likeness (QED) is 0.342. The van der Waals surface area contributed by atoms with Gasteiger partial charge in [-0.25, -0.2) is 8.42 Å². The number of rotatable bonds is 6. The van der Waals surface area contributed by atoms with Crippen molar-refractivity contribution in [2.75, 3.05) is 43.9 Å². The van der Waals surface area contributed by atoms with Crippen LogP contribution in [0, 0.1) is 0 Å². The second-order valence-corrected chi connectivity index (χ2v) is 10.3. The molecule has 0 saturated carbocycles. The van der Waals surface area contributed by atoms with Crippen molar-refractivity contribution in [1.29, 1.82) is 0 Å². The number of para-hydroxylation sites is 1. The van der Waals surface area contributed by atoms with Gasteiger partial charge in [0.15, 0.2) is 5.75 Å². The second kappa shape index (κ2) is 8.96. The lowest BCUT2D eigenvalue weighted by Gasteiger charge is -2.32. The number of phenolic OH excluding ortho intramolecular Hbond substituents is 1. The van der Waals surface area contributed by atoms with Crippen LogP contribution in [0.2, 0.25) is 10.0 Å². The first-order valence-electron chi connectivity index (χ1n) is 9.93. The van der Waals surface area contributed by atoms with Gasteiger partial charge in [0.05, 0.1) is 21.4 Å². The van der Waals surface area contributed by atoms with Crippen LogP contribution < -0.4 is 21.5 Å². The summed E-state index contributed by atoms with van der Waals surface area (Å²) in [7, 11) is -2.22. The minimum atomic E-state index is -4.10. The monoisotopic (exact) mass is 510 g/mol. The van der Waals surface area contributed by atoms with E-state index in [0.717, 1.165) is 0 Å². The van der Waals surface area contributed by atoms with Gasteiger partial charge in [0, 0.05) is 26.2 Å². The van der Waals surface area contributed by atoms with Crippen LogP contribution in [0.3, 0.4) is 0 Å². The number of likely N-dealkylation sites (N-methyl/N-ethyl adjacent to an activating group) is 1. The first-order valence-corrected chi connectivity index (χ1v) is 12.1. The second-order valence-electron chi connectivity index (χ2n) is 7.62. The van der Waals surface area contributed by atoms with Crippen molar-refractivity contribution in [1.82, 2.24) is 9.21 Å². The number of piperazine rings is 1. The topological polar surface area (TPSA) is 119 Å². The van der Waals surface area contributed by atoms with Crippen molar-refractivity contribution in [3.05, 3.63) is 66.9 Å². The lowest BCUT2D eigenvalue weighted by molar-refractivity contribution is 0.222. The Morgan fingerprint density at radius 1 is 0.848 bits per heavy atom. The van der Waals surface area contributed by atoms with Crippen molar-refractivity contribution in [2.45, 2.75) is 4.90 Å². The molecule has 1 heterocycles. The fraction of sp³-hybridized carbons (Fsp3) is 0.238. The molecule has 4 rings (SSSR count). The SMILES string of the molecule is CN1CCN(S(=O)(=O)c2c(Cl)ccc(Nc3c(Nc4ccccc4Cl)c(=O)c3=O)c2O)CC1. The summed E-state index contributed by atoms with van der Waals surface area (Å²) in [5.74, 6) is -0.641. The van der Waals surface area contributed by atoms with Gasteiger partial charge in [-0.3, -0.25) is 9.59 Å². The van der Waals surface area contributed by atoms with E-state index in [2.05, 4.69) is 10.6 Å². The third-order valence-electron chi connectivity index (χ3n) is 5.45. The number of benzene rings is 2. The molecule has 1 fully saturated rings. The third-order valence-corrected chi connectivity index (χ3v) is 8.18. The molecule has 12 heteroatoms. The van der Waals surface area contributed by atoms with Crippen LogP contribution in [0.15, 0.2) is 50.9 Å². The highest BCUT2D eigenvalue weighted by atomic mass is 35.5. The Bertz CT molecular complexity index is 1390. The van der Waals surface area contributed by atoms with E-state index < -0.39 is 31.5 Å². The van der Waals surface area contributed by atoms with E-state index in [1.165, 1.54) is 16.4 Å². The number of sulfonamides is 1. The number of phenols is 1. The number of nitrogens with one attached hydrogen (secondary N) is 2. The van der Waals surface area contributed by atoms with Gasteiger partial charge in [-0.2, -0.15) is 4.31 Å². The van der Waals surface area contributed by atoms with Crippen LogP contribution in [-0.2, 0) is 10.0 Å². The molecule has 0 unspecified atom stereocenters. The van der Waals surface area contributed by atoms with Crippen LogP contribution in [0.25, 0.3) is 0 Å². The fourth-order valence-electron chi connectivity index (χ4n) is 3.51. The Balaban J connectivity index is 1.68. The lowest BCUT2D eigenvalue weighted by atomic mass is 10.1. The van der Waals surface area contributed by atoms with Crippen molar-refractivity contribution < 1.29 is 13.5 Å². The molecule has 0 amide bonds. The molecular formula is C21H20Cl2N4O5S. The van der Waals surface area contributed by atoms with Crippen molar-refractivity contribution >= 4 is 56.0 Å². The summed E-state index contributed by atoms with van der Waals surface area (Å²) in [4.78, 5) is 25.9. The van der Waals surface area contributed by atoms with Gasteiger partial charge in [-0.05, 0) is 31.3 Å². The van der Waals surface area contributed by atoms with Crippen LogP contribution in [0.1, 0.15) is 0 Å². The minimum absolute atomic E-state index is 0.0501. The third kappa shape index (κ3) is 4.32. The molecule has 0 aliphatic carbocycles. The van der Waals surface area contributed by atoms with Crippen LogP contribution >= 0.6 is 23.2 Å². The standard InChI is InChI=1S/C21H20Cl2N4O5S/c1-26-8-10-27(11-9-26)33(31,32)21-13(23)6-7-15(18(21)28)25-17-16(19(29)20(17)30)24-14-5-3-2-4-12(14)22/h2-7,24-25,28H,8-11H2,1H3. The Morgan fingerprint density at radius 3 is 2.03 bits per heavy atom. The molecule has 3 aromatic carbocycles. The largest absolute Gasteiger partial charge is 0.504 e. The summed E-state index contributed by atoms with van der Waals surface area (Å²) >= 11 is 12.3. The van der Waals surface area contributed by atoms with Gasteiger partial charge in [-0.1, -0.05) is 35.3 Å². The molecule has 0 spiro atoms. The van der Waals surface area contributed by atoms with Gasteiger partial charge >= 0.3 is 0 Å². The van der Waals surface area contributed by atoms with E-state index in [0.29, 0.717) is 23.8 Å². The highest BCUT2D eigenvalue weighted by Gasteiger charge is 2.33. The average molecular weight is 511 g/mol. The van der Waals surface area contributed by atoms with Crippen LogP contribution in [0.5, 0.6) is 5.75 Å². The van der Waals surface area contributed by atoms with Crippen LogP contribution in [-0.4, -0.2) is 56.0 Å². The first kappa shape index (κ1) is 23.5. The van der Waals surface area contributed by atoms with Gasteiger partial charge in [-0.15, -0.1) is 0 Å². The molecule has 9 nitrogen and oxygen atoms in total. The molecule has 0 atom stereocenters. The summed E-state index contributed by atoms with van der Waals surface area (Å²) in [6.07, 6.45) is 0. The van der Waals surface area contributed by atoms with Gasteiger partial charge in [0.25, 0.3) is 10.9 Å². The van der Waals surface area contributed by atoms with E-state index in [1.54, 1.807) is 24.3 Å². The molecule has 174 valence electrons.